The number of alkyl halides is 3. The zero-order chi connectivity index (χ0) is 14.3. The number of hydrogen-bond donors (Lipinski definition) is 2. The van der Waals surface area contributed by atoms with Crippen LogP contribution < -0.4 is 11.1 Å². The van der Waals surface area contributed by atoms with Gasteiger partial charge < -0.3 is 11.1 Å². The van der Waals surface area contributed by atoms with Crippen LogP contribution in [0.3, 0.4) is 0 Å². The molecule has 1 fully saturated rings. The van der Waals surface area contributed by atoms with E-state index < -0.39 is 23.5 Å². The van der Waals surface area contributed by atoms with E-state index in [1.807, 2.05) is 0 Å². The van der Waals surface area contributed by atoms with Crippen molar-refractivity contribution in [3.8, 4) is 0 Å². The molecule has 0 heterocycles. The SMILES string of the molecule is CC(C(=O)NC1(C(F)(F)F)CC1)c1cccc(N)c1. The number of benzene rings is 1. The predicted molar refractivity (Wildman–Crippen MR) is 65.4 cm³/mol. The van der Waals surface area contributed by atoms with E-state index in [4.69, 9.17) is 5.73 Å². The number of hydrogen-bond acceptors (Lipinski definition) is 2. The highest BCUT2D eigenvalue weighted by atomic mass is 19.4. The van der Waals surface area contributed by atoms with Crippen molar-refractivity contribution < 1.29 is 18.0 Å². The third-order valence-electron chi connectivity index (χ3n) is 3.46. The molecule has 19 heavy (non-hydrogen) atoms. The highest BCUT2D eigenvalue weighted by molar-refractivity contribution is 5.84. The number of halogens is 3. The van der Waals surface area contributed by atoms with Crippen molar-refractivity contribution in [2.75, 3.05) is 5.73 Å². The van der Waals surface area contributed by atoms with E-state index in [-0.39, 0.29) is 12.8 Å². The van der Waals surface area contributed by atoms with Crippen LogP contribution in [0.2, 0.25) is 0 Å². The first-order valence-electron chi connectivity index (χ1n) is 5.99. The molecule has 1 atom stereocenters. The lowest BCUT2D eigenvalue weighted by molar-refractivity contribution is -0.170. The Morgan fingerprint density at radius 1 is 1.42 bits per heavy atom. The van der Waals surface area contributed by atoms with Crippen LogP contribution in [0.15, 0.2) is 24.3 Å². The van der Waals surface area contributed by atoms with Gasteiger partial charge in [-0.3, -0.25) is 4.79 Å². The summed E-state index contributed by atoms with van der Waals surface area (Å²) in [5.74, 6) is -1.29. The fourth-order valence-electron chi connectivity index (χ4n) is 1.93. The number of rotatable bonds is 3. The fraction of sp³-hybridized carbons (Fsp3) is 0.462. The van der Waals surface area contributed by atoms with E-state index in [1.54, 1.807) is 31.2 Å². The first kappa shape index (κ1) is 13.7. The second-order valence-corrected chi connectivity index (χ2v) is 4.96. The van der Waals surface area contributed by atoms with Crippen molar-refractivity contribution >= 4 is 11.6 Å². The predicted octanol–water partition coefficient (Wildman–Crippen LogP) is 2.58. The van der Waals surface area contributed by atoms with Gasteiger partial charge in [-0.2, -0.15) is 13.2 Å². The second kappa shape index (κ2) is 4.43. The zero-order valence-corrected chi connectivity index (χ0v) is 10.4. The molecule has 1 unspecified atom stereocenters. The summed E-state index contributed by atoms with van der Waals surface area (Å²) in [5, 5.41) is 2.12. The second-order valence-electron chi connectivity index (χ2n) is 4.96. The number of carbonyl (C=O) groups excluding carboxylic acids is 1. The van der Waals surface area contributed by atoms with Crippen LogP contribution >= 0.6 is 0 Å². The van der Waals surface area contributed by atoms with E-state index in [1.165, 1.54) is 0 Å². The van der Waals surface area contributed by atoms with Crippen LogP contribution in [0.5, 0.6) is 0 Å². The first-order valence-corrected chi connectivity index (χ1v) is 5.99. The van der Waals surface area contributed by atoms with Crippen molar-refractivity contribution in [2.24, 2.45) is 0 Å². The van der Waals surface area contributed by atoms with Gasteiger partial charge in [-0.05, 0) is 37.5 Å². The van der Waals surface area contributed by atoms with Crippen LogP contribution in [0, 0.1) is 0 Å². The molecule has 0 aliphatic heterocycles. The summed E-state index contributed by atoms with van der Waals surface area (Å²) in [6, 6.07) is 6.60. The third-order valence-corrected chi connectivity index (χ3v) is 3.46. The summed E-state index contributed by atoms with van der Waals surface area (Å²) in [5.41, 5.74) is 4.67. The van der Waals surface area contributed by atoms with E-state index in [9.17, 15) is 18.0 Å². The number of nitrogen functional groups attached to an aromatic ring is 1. The molecule has 1 saturated carbocycles. The van der Waals surface area contributed by atoms with Gasteiger partial charge in [0.2, 0.25) is 5.91 Å². The lowest BCUT2D eigenvalue weighted by atomic mass is 9.99. The Hall–Kier alpha value is -1.72. The quantitative estimate of drug-likeness (QED) is 0.831. The Morgan fingerprint density at radius 3 is 2.53 bits per heavy atom. The minimum absolute atomic E-state index is 0.0497. The van der Waals surface area contributed by atoms with E-state index in [0.717, 1.165) is 0 Å². The Morgan fingerprint density at radius 2 is 2.05 bits per heavy atom. The number of nitrogens with two attached hydrogens (primary N) is 1. The van der Waals surface area contributed by atoms with Gasteiger partial charge in [0.15, 0.2) is 0 Å². The van der Waals surface area contributed by atoms with Crippen molar-refractivity contribution in [1.82, 2.24) is 5.32 Å². The lowest BCUT2D eigenvalue weighted by Gasteiger charge is -2.23. The summed E-state index contributed by atoms with van der Waals surface area (Å²) in [7, 11) is 0. The molecule has 3 nitrogen and oxygen atoms in total. The van der Waals surface area contributed by atoms with E-state index >= 15 is 0 Å². The molecule has 6 heteroatoms. The Kier molecular flexibility index (Phi) is 3.20. The summed E-state index contributed by atoms with van der Waals surface area (Å²) in [6.45, 7) is 1.57. The normalized spacial score (nSPS) is 18.7. The molecule has 0 bridgehead atoms. The van der Waals surface area contributed by atoms with Crippen LogP contribution in [0.1, 0.15) is 31.2 Å². The summed E-state index contributed by atoms with van der Waals surface area (Å²) in [4.78, 5) is 11.9. The zero-order valence-electron chi connectivity index (χ0n) is 10.4. The molecule has 0 aromatic heterocycles. The molecule has 0 spiro atoms. The van der Waals surface area contributed by atoms with Gasteiger partial charge in [0.1, 0.15) is 5.54 Å². The van der Waals surface area contributed by atoms with Crippen molar-refractivity contribution in [1.29, 1.82) is 0 Å². The van der Waals surface area contributed by atoms with Crippen LogP contribution in [0.4, 0.5) is 18.9 Å². The van der Waals surface area contributed by atoms with Crippen LogP contribution in [0.25, 0.3) is 0 Å². The summed E-state index contributed by atoms with van der Waals surface area (Å²) in [6.07, 6.45) is -4.49. The molecule has 1 aromatic carbocycles. The van der Waals surface area contributed by atoms with Gasteiger partial charge in [0.05, 0.1) is 5.92 Å². The summed E-state index contributed by atoms with van der Waals surface area (Å²) < 4.78 is 38.3. The fourth-order valence-corrected chi connectivity index (χ4v) is 1.93. The molecule has 0 saturated heterocycles. The molecule has 1 amide bonds. The van der Waals surface area contributed by atoms with Gasteiger partial charge in [0, 0.05) is 5.69 Å². The van der Waals surface area contributed by atoms with Crippen LogP contribution in [-0.4, -0.2) is 17.6 Å². The molecular formula is C13H15F3N2O. The monoisotopic (exact) mass is 272 g/mol. The van der Waals surface area contributed by atoms with Gasteiger partial charge in [-0.25, -0.2) is 0 Å². The molecular weight excluding hydrogens is 257 g/mol. The molecule has 104 valence electrons. The minimum Gasteiger partial charge on any atom is -0.399 e. The number of amides is 1. The standard InChI is InChI=1S/C13H15F3N2O/c1-8(9-3-2-4-10(17)7-9)11(19)18-12(5-6-12)13(14,15)16/h2-4,7-8H,5-6,17H2,1H3,(H,18,19). The Bertz CT molecular complexity index is 495. The largest absolute Gasteiger partial charge is 0.411 e. The Balaban J connectivity index is 2.09. The highest BCUT2D eigenvalue weighted by Crippen LogP contribution is 2.49. The molecule has 0 radical (unpaired) electrons. The first-order chi connectivity index (χ1) is 8.75. The molecule has 1 aliphatic rings. The Labute approximate surface area is 109 Å². The number of carbonyl (C=O) groups is 1. The third kappa shape index (κ3) is 2.67. The maximum absolute atomic E-state index is 12.8. The highest BCUT2D eigenvalue weighted by Gasteiger charge is 2.64. The van der Waals surface area contributed by atoms with Gasteiger partial charge in [-0.15, -0.1) is 0 Å². The number of anilines is 1. The minimum atomic E-state index is -4.39. The van der Waals surface area contributed by atoms with E-state index in [0.29, 0.717) is 11.3 Å². The average molecular weight is 272 g/mol. The lowest BCUT2D eigenvalue weighted by Crippen LogP contribution is -2.49. The van der Waals surface area contributed by atoms with Gasteiger partial charge in [0.25, 0.3) is 0 Å². The van der Waals surface area contributed by atoms with Crippen molar-refractivity contribution in [3.05, 3.63) is 29.8 Å². The van der Waals surface area contributed by atoms with Crippen molar-refractivity contribution in [2.45, 2.75) is 37.4 Å². The smallest absolute Gasteiger partial charge is 0.399 e. The number of nitrogens with one attached hydrogen (secondary N) is 1. The average Bonchev–Trinajstić information content (AvgIpc) is 3.08. The molecule has 1 aromatic rings. The van der Waals surface area contributed by atoms with Crippen molar-refractivity contribution in [3.63, 3.8) is 0 Å². The maximum Gasteiger partial charge on any atom is 0.411 e. The molecule has 2 rings (SSSR count). The molecule has 1 aliphatic carbocycles. The van der Waals surface area contributed by atoms with Gasteiger partial charge >= 0.3 is 6.18 Å². The van der Waals surface area contributed by atoms with Crippen LogP contribution in [-0.2, 0) is 4.79 Å². The van der Waals surface area contributed by atoms with Gasteiger partial charge in [-0.1, -0.05) is 12.1 Å². The summed E-state index contributed by atoms with van der Waals surface area (Å²) >= 11 is 0. The van der Waals surface area contributed by atoms with E-state index in [2.05, 4.69) is 5.32 Å². The topological polar surface area (TPSA) is 55.1 Å². The molecule has 3 N–H and O–H groups in total. The maximum atomic E-state index is 12.8.